The molecule has 0 bridgehead atoms. The van der Waals surface area contributed by atoms with Gasteiger partial charge in [0.25, 0.3) is 11.8 Å². The zero-order valence-corrected chi connectivity index (χ0v) is 18.7. The molecule has 2 aromatic carbocycles. The van der Waals surface area contributed by atoms with Gasteiger partial charge in [-0.05, 0) is 55.0 Å². The molecule has 1 saturated heterocycles. The summed E-state index contributed by atoms with van der Waals surface area (Å²) in [6.45, 7) is 1.59. The van der Waals surface area contributed by atoms with E-state index in [-0.39, 0.29) is 21.5 Å². The fourth-order valence-corrected chi connectivity index (χ4v) is 5.46. The molecule has 0 unspecified atom stereocenters. The highest BCUT2D eigenvalue weighted by atomic mass is 35.5. The number of carbonyl (C=O) groups is 2. The summed E-state index contributed by atoms with van der Waals surface area (Å²) in [4.78, 5) is 27.6. The second-order valence-electron chi connectivity index (χ2n) is 8.09. The molecule has 30 heavy (non-hydrogen) atoms. The molecule has 2 aliphatic rings. The summed E-state index contributed by atoms with van der Waals surface area (Å²) in [5, 5.41) is 3.60. The van der Waals surface area contributed by atoms with Gasteiger partial charge in [-0.2, -0.15) is 0 Å². The van der Waals surface area contributed by atoms with Crippen LogP contribution in [0, 0.1) is 11.8 Å². The van der Waals surface area contributed by atoms with Crippen LogP contribution in [0.5, 0.6) is 0 Å². The second kappa shape index (κ2) is 9.17. The first-order valence-electron chi connectivity index (χ1n) is 10.3. The number of anilines is 1. The SMILES string of the molecule is O=C(Nc1ccc(C(=O)N2CC[C@H]3CCCC[C@H]3C2)c(Cl)c1)c1c(Cl)cccc1Cl. The predicted octanol–water partition coefficient (Wildman–Crippen LogP) is 6.55. The van der Waals surface area contributed by atoms with Gasteiger partial charge in [-0.3, -0.25) is 9.59 Å². The minimum atomic E-state index is -0.430. The van der Waals surface area contributed by atoms with E-state index < -0.39 is 5.91 Å². The molecule has 1 aliphatic heterocycles. The lowest BCUT2D eigenvalue weighted by molar-refractivity contribution is 0.0521. The molecule has 1 heterocycles. The van der Waals surface area contributed by atoms with Gasteiger partial charge in [0.1, 0.15) is 0 Å². The quantitative estimate of drug-likeness (QED) is 0.558. The van der Waals surface area contributed by atoms with Gasteiger partial charge < -0.3 is 10.2 Å². The Hall–Kier alpha value is -1.75. The smallest absolute Gasteiger partial charge is 0.258 e. The minimum Gasteiger partial charge on any atom is -0.338 e. The number of nitrogens with zero attached hydrogens (tertiary/aromatic N) is 1. The van der Waals surface area contributed by atoms with E-state index in [1.165, 1.54) is 25.7 Å². The van der Waals surface area contributed by atoms with Gasteiger partial charge in [-0.15, -0.1) is 0 Å². The number of hydrogen-bond donors (Lipinski definition) is 1. The third-order valence-electron chi connectivity index (χ3n) is 6.23. The van der Waals surface area contributed by atoms with E-state index in [0.717, 1.165) is 25.4 Å². The fourth-order valence-electron chi connectivity index (χ4n) is 4.63. The van der Waals surface area contributed by atoms with Crippen LogP contribution in [0.3, 0.4) is 0 Å². The molecular formula is C23H23Cl3N2O2. The second-order valence-corrected chi connectivity index (χ2v) is 9.31. The van der Waals surface area contributed by atoms with Crippen molar-refractivity contribution in [3.63, 3.8) is 0 Å². The number of amides is 2. The number of nitrogens with one attached hydrogen (secondary N) is 1. The van der Waals surface area contributed by atoms with Crippen molar-refractivity contribution in [1.82, 2.24) is 4.90 Å². The number of likely N-dealkylation sites (tertiary alicyclic amines) is 1. The van der Waals surface area contributed by atoms with E-state index in [1.807, 2.05) is 4.90 Å². The van der Waals surface area contributed by atoms with Crippen LogP contribution in [-0.2, 0) is 0 Å². The molecule has 2 aromatic rings. The predicted molar refractivity (Wildman–Crippen MR) is 122 cm³/mol. The van der Waals surface area contributed by atoms with Gasteiger partial charge in [0.2, 0.25) is 0 Å². The normalized spacial score (nSPS) is 21.1. The van der Waals surface area contributed by atoms with E-state index in [9.17, 15) is 9.59 Å². The number of piperidine rings is 1. The van der Waals surface area contributed by atoms with Crippen LogP contribution in [-0.4, -0.2) is 29.8 Å². The Bertz CT molecular complexity index is 959. The number of hydrogen-bond acceptors (Lipinski definition) is 2. The van der Waals surface area contributed by atoms with Gasteiger partial charge in [0, 0.05) is 18.8 Å². The van der Waals surface area contributed by atoms with E-state index in [1.54, 1.807) is 36.4 Å². The number of fused-ring (bicyclic) bond motifs is 1. The van der Waals surface area contributed by atoms with Gasteiger partial charge in [0.05, 0.1) is 26.2 Å². The summed E-state index contributed by atoms with van der Waals surface area (Å²) in [5.41, 5.74) is 1.13. The largest absolute Gasteiger partial charge is 0.338 e. The van der Waals surface area contributed by atoms with Crippen LogP contribution in [0.1, 0.15) is 52.8 Å². The standard InChI is InChI=1S/C23H23Cl3N2O2/c24-18-6-3-7-19(25)21(18)22(29)27-16-8-9-17(20(26)12-16)23(30)28-11-10-14-4-1-2-5-15(14)13-28/h3,6-9,12,14-15H,1-2,4-5,10-11,13H2,(H,27,29)/t14-,15+/m1/s1. The molecule has 0 spiro atoms. The van der Waals surface area contributed by atoms with Gasteiger partial charge in [-0.25, -0.2) is 0 Å². The lowest BCUT2D eigenvalue weighted by Gasteiger charge is -2.41. The Morgan fingerprint density at radius 1 is 0.900 bits per heavy atom. The summed E-state index contributed by atoms with van der Waals surface area (Å²) in [7, 11) is 0. The number of benzene rings is 2. The van der Waals surface area contributed by atoms with E-state index in [2.05, 4.69) is 5.32 Å². The van der Waals surface area contributed by atoms with Crippen molar-refractivity contribution < 1.29 is 9.59 Å². The average Bonchev–Trinajstić information content (AvgIpc) is 2.73. The van der Waals surface area contributed by atoms with Crippen LogP contribution in [0.4, 0.5) is 5.69 Å². The van der Waals surface area contributed by atoms with Crippen LogP contribution >= 0.6 is 34.8 Å². The highest BCUT2D eigenvalue weighted by Gasteiger charge is 2.33. The van der Waals surface area contributed by atoms with Crippen molar-refractivity contribution in [1.29, 1.82) is 0 Å². The van der Waals surface area contributed by atoms with E-state index in [4.69, 9.17) is 34.8 Å². The maximum Gasteiger partial charge on any atom is 0.258 e. The molecule has 4 rings (SSSR count). The van der Waals surface area contributed by atoms with Crippen molar-refractivity contribution >= 4 is 52.3 Å². The Balaban J connectivity index is 1.46. The van der Waals surface area contributed by atoms with Gasteiger partial charge in [-0.1, -0.05) is 60.1 Å². The zero-order valence-electron chi connectivity index (χ0n) is 16.5. The topological polar surface area (TPSA) is 49.4 Å². The van der Waals surface area contributed by atoms with E-state index >= 15 is 0 Å². The Kier molecular flexibility index (Phi) is 6.57. The number of carbonyl (C=O) groups excluding carboxylic acids is 2. The third kappa shape index (κ3) is 4.46. The molecule has 1 saturated carbocycles. The van der Waals surface area contributed by atoms with Crippen LogP contribution < -0.4 is 5.32 Å². The Morgan fingerprint density at radius 2 is 1.60 bits per heavy atom. The summed E-state index contributed by atoms with van der Waals surface area (Å²) in [6, 6.07) is 9.81. The molecule has 1 N–H and O–H groups in total. The molecule has 0 radical (unpaired) electrons. The van der Waals surface area contributed by atoms with Crippen molar-refractivity contribution in [3.8, 4) is 0 Å². The molecule has 2 atom stereocenters. The number of halogens is 3. The van der Waals surface area contributed by atoms with Crippen LogP contribution in [0.2, 0.25) is 15.1 Å². The van der Waals surface area contributed by atoms with Crippen LogP contribution in [0.25, 0.3) is 0 Å². The summed E-state index contributed by atoms with van der Waals surface area (Å²) >= 11 is 18.6. The molecular weight excluding hydrogens is 443 g/mol. The average molecular weight is 466 g/mol. The molecule has 0 aromatic heterocycles. The lowest BCUT2D eigenvalue weighted by Crippen LogP contribution is -2.44. The minimum absolute atomic E-state index is 0.0453. The molecule has 1 aliphatic carbocycles. The Morgan fingerprint density at radius 3 is 2.30 bits per heavy atom. The first-order valence-corrected chi connectivity index (χ1v) is 11.4. The highest BCUT2D eigenvalue weighted by molar-refractivity contribution is 6.40. The summed E-state index contributed by atoms with van der Waals surface area (Å²) < 4.78 is 0. The maximum atomic E-state index is 13.1. The highest BCUT2D eigenvalue weighted by Crippen LogP contribution is 2.37. The van der Waals surface area contributed by atoms with E-state index in [0.29, 0.717) is 22.2 Å². The molecule has 7 heteroatoms. The van der Waals surface area contributed by atoms with Crippen molar-refractivity contribution in [2.24, 2.45) is 11.8 Å². The first kappa shape index (κ1) is 21.5. The number of rotatable bonds is 3. The maximum absolute atomic E-state index is 13.1. The van der Waals surface area contributed by atoms with Crippen molar-refractivity contribution in [3.05, 3.63) is 62.6 Å². The van der Waals surface area contributed by atoms with Gasteiger partial charge in [0.15, 0.2) is 0 Å². The van der Waals surface area contributed by atoms with Crippen molar-refractivity contribution in [2.45, 2.75) is 32.1 Å². The third-order valence-corrected chi connectivity index (χ3v) is 7.17. The van der Waals surface area contributed by atoms with Crippen LogP contribution in [0.15, 0.2) is 36.4 Å². The van der Waals surface area contributed by atoms with Gasteiger partial charge >= 0.3 is 0 Å². The fraction of sp³-hybridized carbons (Fsp3) is 0.391. The lowest BCUT2D eigenvalue weighted by atomic mass is 9.75. The summed E-state index contributed by atoms with van der Waals surface area (Å²) in [5.74, 6) is 0.887. The monoisotopic (exact) mass is 464 g/mol. The Labute approximate surface area is 191 Å². The molecule has 158 valence electrons. The van der Waals surface area contributed by atoms with Crippen molar-refractivity contribution in [2.75, 3.05) is 18.4 Å². The molecule has 2 amide bonds. The summed E-state index contributed by atoms with van der Waals surface area (Å²) in [6.07, 6.45) is 6.14. The first-order chi connectivity index (χ1) is 14.4. The molecule has 2 fully saturated rings. The molecule has 4 nitrogen and oxygen atoms in total. The zero-order chi connectivity index (χ0) is 21.3.